The Kier molecular flexibility index (Phi) is 17.5. The molecule has 0 heterocycles. The van der Waals surface area contributed by atoms with Crippen LogP contribution >= 0.6 is 0 Å². The molecular formula is C32H50O8Si2. The molecule has 0 atom stereocenters. The molecule has 0 aliphatic heterocycles. The highest BCUT2D eigenvalue weighted by Gasteiger charge is 2.38. The van der Waals surface area contributed by atoms with E-state index in [1.54, 1.807) is 28.4 Å². The molecular weight excluding hydrogens is 569 g/mol. The smallest absolute Gasteiger partial charge is 0.371 e. The van der Waals surface area contributed by atoms with Crippen molar-refractivity contribution in [3.05, 3.63) is 60.7 Å². The van der Waals surface area contributed by atoms with Gasteiger partial charge in [-0.05, 0) is 35.3 Å². The third-order valence-electron chi connectivity index (χ3n) is 7.61. The molecule has 0 aliphatic carbocycles. The average Bonchev–Trinajstić information content (AvgIpc) is 3.04. The van der Waals surface area contributed by atoms with Gasteiger partial charge in [0.15, 0.2) is 0 Å². The highest BCUT2D eigenvalue weighted by Crippen LogP contribution is 2.19. The van der Waals surface area contributed by atoms with E-state index in [2.05, 4.69) is 24.3 Å². The quantitative estimate of drug-likeness (QED) is 0.0947. The molecule has 8 nitrogen and oxygen atoms in total. The van der Waals surface area contributed by atoms with Gasteiger partial charge in [-0.1, -0.05) is 99.2 Å². The van der Waals surface area contributed by atoms with E-state index in [0.717, 1.165) is 73.8 Å². The van der Waals surface area contributed by atoms with Gasteiger partial charge < -0.3 is 27.2 Å². The molecule has 2 aromatic rings. The molecule has 0 fully saturated rings. The lowest BCUT2D eigenvalue weighted by molar-refractivity contribution is -0.150. The van der Waals surface area contributed by atoms with Crippen molar-refractivity contribution >= 4 is 39.4 Å². The highest BCUT2D eigenvalue weighted by atomic mass is 28.4. The molecule has 0 spiro atoms. The Bertz CT molecular complexity index is 917. The van der Waals surface area contributed by atoms with Crippen molar-refractivity contribution in [1.82, 2.24) is 0 Å². The van der Waals surface area contributed by atoms with Gasteiger partial charge in [0.25, 0.3) is 0 Å². The third kappa shape index (κ3) is 12.1. The maximum atomic E-state index is 12.0. The van der Waals surface area contributed by atoms with Crippen LogP contribution in [0.15, 0.2) is 60.7 Å². The van der Waals surface area contributed by atoms with Crippen LogP contribution in [0.5, 0.6) is 0 Å². The molecule has 2 aromatic carbocycles. The van der Waals surface area contributed by atoms with E-state index < -0.39 is 17.1 Å². The summed E-state index contributed by atoms with van der Waals surface area (Å²) in [5, 5.41) is 2.28. The van der Waals surface area contributed by atoms with Crippen LogP contribution in [-0.4, -0.2) is 70.7 Å². The van der Waals surface area contributed by atoms with Gasteiger partial charge in [-0.25, -0.2) is 0 Å². The van der Waals surface area contributed by atoms with E-state index in [0.29, 0.717) is 13.2 Å². The second kappa shape index (κ2) is 20.5. The van der Waals surface area contributed by atoms with Crippen LogP contribution in [0.3, 0.4) is 0 Å². The standard InChI is InChI=1S/C32H50O8Si2/c1-35-41(36-2,29-19-11-9-12-20-29)27-17-7-5-15-25-39-31(33)23-24-32(34)40-26-16-6-8-18-28-42(37-3,38-4)30-21-13-10-14-22-30/h9-14,19-22H,5-8,15-18,23-28H2,1-4H3. The zero-order valence-corrected chi connectivity index (χ0v) is 27.9. The van der Waals surface area contributed by atoms with E-state index in [9.17, 15) is 9.59 Å². The van der Waals surface area contributed by atoms with Gasteiger partial charge in [0.2, 0.25) is 0 Å². The Hall–Kier alpha value is -2.35. The summed E-state index contributed by atoms with van der Waals surface area (Å²) in [6, 6.07) is 22.1. The second-order valence-electron chi connectivity index (χ2n) is 10.3. The maximum absolute atomic E-state index is 12.0. The Morgan fingerprint density at radius 2 is 0.833 bits per heavy atom. The number of unbranched alkanes of at least 4 members (excludes halogenated alkanes) is 6. The first kappa shape index (κ1) is 35.8. The average molecular weight is 619 g/mol. The number of hydrogen-bond donors (Lipinski definition) is 0. The summed E-state index contributed by atoms with van der Waals surface area (Å²) in [6.45, 7) is 0.731. The predicted octanol–water partition coefficient (Wildman–Crippen LogP) is 5.26. The molecule has 0 saturated heterocycles. The Labute approximate surface area is 254 Å². The Morgan fingerprint density at radius 1 is 0.500 bits per heavy atom. The molecule has 0 saturated carbocycles. The van der Waals surface area contributed by atoms with Crippen LogP contribution in [-0.2, 0) is 36.8 Å². The summed E-state index contributed by atoms with van der Waals surface area (Å²) in [5.41, 5.74) is 0. The van der Waals surface area contributed by atoms with Crippen LogP contribution in [0.4, 0.5) is 0 Å². The predicted molar refractivity (Wildman–Crippen MR) is 169 cm³/mol. The van der Waals surface area contributed by atoms with Crippen molar-refractivity contribution in [2.75, 3.05) is 41.7 Å². The van der Waals surface area contributed by atoms with Gasteiger partial charge in [-0.15, -0.1) is 0 Å². The van der Waals surface area contributed by atoms with E-state index in [1.807, 2.05) is 36.4 Å². The fourth-order valence-electron chi connectivity index (χ4n) is 5.07. The summed E-state index contributed by atoms with van der Waals surface area (Å²) < 4.78 is 34.0. The SMILES string of the molecule is CO[Si](CCCCCCOC(=O)CCC(=O)OCCCCCC[Si](OC)(OC)c1ccccc1)(OC)c1ccccc1. The number of esters is 2. The number of benzene rings is 2. The summed E-state index contributed by atoms with van der Waals surface area (Å²) >= 11 is 0. The molecule has 10 heteroatoms. The minimum Gasteiger partial charge on any atom is -0.466 e. The molecule has 0 aromatic heterocycles. The fourth-order valence-corrected chi connectivity index (χ4v) is 10.6. The molecule has 42 heavy (non-hydrogen) atoms. The van der Waals surface area contributed by atoms with Crippen LogP contribution < -0.4 is 10.4 Å². The molecule has 0 radical (unpaired) electrons. The van der Waals surface area contributed by atoms with Gasteiger partial charge in [0, 0.05) is 28.4 Å². The first-order chi connectivity index (χ1) is 20.4. The first-order valence-corrected chi connectivity index (χ1v) is 19.1. The molecule has 0 amide bonds. The largest absolute Gasteiger partial charge is 0.466 e. The summed E-state index contributed by atoms with van der Waals surface area (Å²) in [6.07, 6.45) is 7.57. The second-order valence-corrected chi connectivity index (χ2v) is 17.1. The van der Waals surface area contributed by atoms with Crippen LogP contribution in [0, 0.1) is 0 Å². The van der Waals surface area contributed by atoms with E-state index >= 15 is 0 Å². The van der Waals surface area contributed by atoms with Gasteiger partial charge >= 0.3 is 29.1 Å². The molecule has 0 unspecified atom stereocenters. The lowest BCUT2D eigenvalue weighted by Gasteiger charge is -2.27. The normalized spacial score (nSPS) is 11.8. The zero-order chi connectivity index (χ0) is 30.5. The fraction of sp³-hybridized carbons (Fsp3) is 0.562. The number of rotatable bonds is 23. The van der Waals surface area contributed by atoms with Crippen molar-refractivity contribution in [3.8, 4) is 0 Å². The summed E-state index contributed by atoms with van der Waals surface area (Å²) in [5.74, 6) is -0.716. The van der Waals surface area contributed by atoms with E-state index in [4.69, 9.17) is 27.2 Å². The highest BCUT2D eigenvalue weighted by molar-refractivity contribution is 6.81. The minimum absolute atomic E-state index is 0.0476. The first-order valence-electron chi connectivity index (χ1n) is 15.1. The molecule has 0 N–H and O–H groups in total. The van der Waals surface area contributed by atoms with Crippen LogP contribution in [0.2, 0.25) is 12.1 Å². The summed E-state index contributed by atoms with van der Waals surface area (Å²) in [7, 11) is 2.09. The third-order valence-corrected chi connectivity index (χ3v) is 14.7. The van der Waals surface area contributed by atoms with Gasteiger partial charge in [0.1, 0.15) is 0 Å². The molecule has 234 valence electrons. The Morgan fingerprint density at radius 3 is 1.17 bits per heavy atom. The monoisotopic (exact) mass is 618 g/mol. The maximum Gasteiger partial charge on any atom is 0.371 e. The lowest BCUT2D eigenvalue weighted by Crippen LogP contribution is -2.52. The van der Waals surface area contributed by atoms with Crippen LogP contribution in [0.1, 0.15) is 64.2 Å². The Balaban J connectivity index is 1.48. The summed E-state index contributed by atoms with van der Waals surface area (Å²) in [4.78, 5) is 24.0. The van der Waals surface area contributed by atoms with Crippen molar-refractivity contribution in [2.45, 2.75) is 76.3 Å². The van der Waals surface area contributed by atoms with Crippen molar-refractivity contribution in [2.24, 2.45) is 0 Å². The number of hydrogen-bond acceptors (Lipinski definition) is 8. The minimum atomic E-state index is -2.40. The van der Waals surface area contributed by atoms with Gasteiger partial charge in [0.05, 0.1) is 26.1 Å². The molecule has 0 aliphatic rings. The number of carbonyl (C=O) groups excluding carboxylic acids is 2. The molecule has 2 rings (SSSR count). The van der Waals surface area contributed by atoms with E-state index in [1.165, 1.54) is 0 Å². The lowest BCUT2D eigenvalue weighted by atomic mass is 10.2. The van der Waals surface area contributed by atoms with E-state index in [-0.39, 0.29) is 24.8 Å². The van der Waals surface area contributed by atoms with Gasteiger partial charge in [-0.3, -0.25) is 9.59 Å². The van der Waals surface area contributed by atoms with Crippen molar-refractivity contribution in [3.63, 3.8) is 0 Å². The number of carbonyl (C=O) groups is 2. The topological polar surface area (TPSA) is 89.5 Å². The number of ether oxygens (including phenoxy) is 2. The van der Waals surface area contributed by atoms with Crippen molar-refractivity contribution < 1.29 is 36.8 Å². The van der Waals surface area contributed by atoms with Crippen molar-refractivity contribution in [1.29, 1.82) is 0 Å². The van der Waals surface area contributed by atoms with Crippen LogP contribution in [0.25, 0.3) is 0 Å². The zero-order valence-electron chi connectivity index (χ0n) is 25.9. The molecule has 0 bridgehead atoms. The van der Waals surface area contributed by atoms with Gasteiger partial charge in [-0.2, -0.15) is 0 Å².